The van der Waals surface area contributed by atoms with E-state index >= 15 is 0 Å². The molecular weight excluding hydrogens is 244 g/mol. The van der Waals surface area contributed by atoms with E-state index in [-0.39, 0.29) is 10.5 Å². The first kappa shape index (κ1) is 11.9. The highest BCUT2D eigenvalue weighted by Gasteiger charge is 2.36. The highest BCUT2D eigenvalue weighted by Crippen LogP contribution is 2.37. The van der Waals surface area contributed by atoms with E-state index in [0.717, 1.165) is 0 Å². The number of hydrogen-bond acceptors (Lipinski definition) is 5. The third kappa shape index (κ3) is 1.68. The summed E-state index contributed by atoms with van der Waals surface area (Å²) in [5, 5.41) is 0. The van der Waals surface area contributed by atoms with Crippen LogP contribution >= 0.6 is 0 Å². The van der Waals surface area contributed by atoms with Crippen molar-refractivity contribution < 1.29 is 22.7 Å². The van der Waals surface area contributed by atoms with E-state index in [2.05, 4.69) is 4.74 Å². The molecular formula is C11H12O5S. The van der Waals surface area contributed by atoms with Crippen molar-refractivity contribution in [2.45, 2.75) is 24.2 Å². The van der Waals surface area contributed by atoms with Gasteiger partial charge in [0.1, 0.15) is 10.6 Å². The smallest absolute Gasteiger partial charge is 0.338 e. The van der Waals surface area contributed by atoms with Crippen LogP contribution in [0.1, 0.15) is 22.8 Å². The second kappa shape index (κ2) is 3.73. The van der Waals surface area contributed by atoms with Gasteiger partial charge in [0.2, 0.25) is 15.3 Å². The van der Waals surface area contributed by atoms with Crippen LogP contribution in [0.25, 0.3) is 0 Å². The summed E-state index contributed by atoms with van der Waals surface area (Å²) in [6.07, 6.45) is 0. The van der Waals surface area contributed by atoms with Crippen LogP contribution in [-0.4, -0.2) is 26.9 Å². The minimum absolute atomic E-state index is 0.0519. The maximum absolute atomic E-state index is 11.9. The number of fused-ring (bicyclic) bond motifs is 1. The van der Waals surface area contributed by atoms with Gasteiger partial charge in [-0.3, -0.25) is 0 Å². The molecule has 0 aromatic heterocycles. The lowest BCUT2D eigenvalue weighted by Gasteiger charge is -2.05. The zero-order chi connectivity index (χ0) is 12.8. The van der Waals surface area contributed by atoms with Gasteiger partial charge >= 0.3 is 5.97 Å². The second-order valence-electron chi connectivity index (χ2n) is 3.84. The van der Waals surface area contributed by atoms with Crippen LogP contribution in [0.15, 0.2) is 17.0 Å². The lowest BCUT2D eigenvalue weighted by molar-refractivity contribution is 0.0599. The molecule has 0 amide bonds. The Morgan fingerprint density at radius 3 is 2.65 bits per heavy atom. The molecule has 1 unspecified atom stereocenters. The monoisotopic (exact) mass is 256 g/mol. The number of benzene rings is 1. The molecule has 2 rings (SSSR count). The second-order valence-corrected chi connectivity index (χ2v) is 6.03. The number of rotatable bonds is 1. The Morgan fingerprint density at radius 1 is 1.41 bits per heavy atom. The first-order valence-corrected chi connectivity index (χ1v) is 6.56. The first-order chi connectivity index (χ1) is 7.87. The SMILES string of the molecule is COC(=O)c1cc2c(cc1C)OC(C)S2(=O)=O. The van der Waals surface area contributed by atoms with Crippen molar-refractivity contribution in [2.24, 2.45) is 0 Å². The Morgan fingerprint density at radius 2 is 2.06 bits per heavy atom. The van der Waals surface area contributed by atoms with Crippen LogP contribution in [-0.2, 0) is 14.6 Å². The van der Waals surface area contributed by atoms with Gasteiger partial charge in [0.15, 0.2) is 0 Å². The first-order valence-electron chi connectivity index (χ1n) is 5.01. The number of methoxy groups -OCH3 is 1. The third-order valence-electron chi connectivity index (χ3n) is 2.73. The molecule has 0 spiro atoms. The number of sulfone groups is 1. The highest BCUT2D eigenvalue weighted by molar-refractivity contribution is 7.92. The number of hydrogen-bond donors (Lipinski definition) is 0. The van der Waals surface area contributed by atoms with E-state index in [1.807, 2.05) is 0 Å². The Balaban J connectivity index is 2.66. The van der Waals surface area contributed by atoms with Gasteiger partial charge in [-0.15, -0.1) is 0 Å². The van der Waals surface area contributed by atoms with Crippen molar-refractivity contribution in [3.8, 4) is 5.75 Å². The topological polar surface area (TPSA) is 69.7 Å². The Labute approximate surface area is 99.3 Å². The van der Waals surface area contributed by atoms with E-state index in [1.54, 1.807) is 13.0 Å². The molecule has 0 radical (unpaired) electrons. The number of esters is 1. The molecule has 0 saturated carbocycles. The molecule has 6 heteroatoms. The Kier molecular flexibility index (Phi) is 2.61. The standard InChI is InChI=1S/C11H12O5S/c1-6-4-9-10(5-8(6)11(12)15-3)17(13,14)7(2)16-9/h4-5,7H,1-3H3. The van der Waals surface area contributed by atoms with Gasteiger partial charge in [-0.25, -0.2) is 13.2 Å². The maximum atomic E-state index is 11.9. The van der Waals surface area contributed by atoms with Crippen LogP contribution in [0, 0.1) is 6.92 Å². The molecule has 5 nitrogen and oxygen atoms in total. The van der Waals surface area contributed by atoms with E-state index in [4.69, 9.17) is 4.74 Å². The summed E-state index contributed by atoms with van der Waals surface area (Å²) in [7, 11) is -2.24. The van der Waals surface area contributed by atoms with Crippen LogP contribution in [0.2, 0.25) is 0 Å². The molecule has 1 aliphatic heterocycles. The average Bonchev–Trinajstić information content (AvgIpc) is 2.48. The predicted octanol–water partition coefficient (Wildman–Crippen LogP) is 1.29. The molecule has 0 N–H and O–H groups in total. The zero-order valence-corrected chi connectivity index (χ0v) is 10.5. The van der Waals surface area contributed by atoms with Gasteiger partial charge in [-0.2, -0.15) is 0 Å². The number of carbonyl (C=O) groups is 1. The van der Waals surface area contributed by atoms with Gasteiger partial charge in [0.25, 0.3) is 0 Å². The molecule has 1 heterocycles. The summed E-state index contributed by atoms with van der Waals surface area (Å²) in [4.78, 5) is 11.5. The van der Waals surface area contributed by atoms with Crippen molar-refractivity contribution >= 4 is 15.8 Å². The quantitative estimate of drug-likeness (QED) is 0.708. The van der Waals surface area contributed by atoms with Crippen molar-refractivity contribution in [1.82, 2.24) is 0 Å². The van der Waals surface area contributed by atoms with E-state index in [1.165, 1.54) is 20.1 Å². The lowest BCUT2D eigenvalue weighted by Crippen LogP contribution is -2.16. The summed E-state index contributed by atoms with van der Waals surface area (Å²) in [5.41, 5.74) is -0.0442. The summed E-state index contributed by atoms with van der Waals surface area (Å²) in [6.45, 7) is 3.16. The Hall–Kier alpha value is -1.56. The summed E-state index contributed by atoms with van der Waals surface area (Å²) >= 11 is 0. The number of carbonyl (C=O) groups excluding carboxylic acids is 1. The average molecular weight is 256 g/mol. The molecule has 1 atom stereocenters. The minimum Gasteiger partial charge on any atom is -0.473 e. The van der Waals surface area contributed by atoms with E-state index < -0.39 is 21.2 Å². The zero-order valence-electron chi connectivity index (χ0n) is 9.68. The van der Waals surface area contributed by atoms with Crippen LogP contribution < -0.4 is 4.74 Å². The maximum Gasteiger partial charge on any atom is 0.338 e. The molecule has 1 aromatic rings. The van der Waals surface area contributed by atoms with Gasteiger partial charge < -0.3 is 9.47 Å². The Bertz CT molecular complexity index is 588. The van der Waals surface area contributed by atoms with Crippen molar-refractivity contribution in [3.63, 3.8) is 0 Å². The van der Waals surface area contributed by atoms with Gasteiger partial charge in [0.05, 0.1) is 12.7 Å². The van der Waals surface area contributed by atoms with Crippen LogP contribution in [0.3, 0.4) is 0 Å². The molecule has 0 fully saturated rings. The fourth-order valence-electron chi connectivity index (χ4n) is 1.73. The number of ether oxygens (including phenoxy) is 2. The summed E-state index contributed by atoms with van der Waals surface area (Å²) < 4.78 is 33.6. The third-order valence-corrected chi connectivity index (χ3v) is 4.63. The fourth-order valence-corrected chi connectivity index (χ4v) is 2.98. The number of aryl methyl sites for hydroxylation is 1. The molecule has 1 aromatic carbocycles. The van der Waals surface area contributed by atoms with E-state index in [9.17, 15) is 13.2 Å². The van der Waals surface area contributed by atoms with Crippen molar-refractivity contribution in [3.05, 3.63) is 23.3 Å². The van der Waals surface area contributed by atoms with Crippen molar-refractivity contribution in [2.75, 3.05) is 7.11 Å². The molecule has 0 bridgehead atoms. The van der Waals surface area contributed by atoms with Gasteiger partial charge in [-0.1, -0.05) is 0 Å². The van der Waals surface area contributed by atoms with Crippen LogP contribution in [0.4, 0.5) is 0 Å². The largest absolute Gasteiger partial charge is 0.473 e. The molecule has 0 saturated heterocycles. The summed E-state index contributed by atoms with van der Waals surface area (Å²) in [5.74, 6) is -0.261. The van der Waals surface area contributed by atoms with Gasteiger partial charge in [0, 0.05) is 0 Å². The molecule has 0 aliphatic carbocycles. The molecule has 17 heavy (non-hydrogen) atoms. The molecule has 1 aliphatic rings. The lowest BCUT2D eigenvalue weighted by atomic mass is 10.1. The predicted molar refractivity (Wildman–Crippen MR) is 59.8 cm³/mol. The summed E-state index contributed by atoms with van der Waals surface area (Å²) in [6, 6.07) is 2.86. The van der Waals surface area contributed by atoms with Crippen LogP contribution in [0.5, 0.6) is 5.75 Å². The van der Waals surface area contributed by atoms with E-state index in [0.29, 0.717) is 11.3 Å². The minimum atomic E-state index is -3.50. The highest BCUT2D eigenvalue weighted by atomic mass is 32.2. The van der Waals surface area contributed by atoms with Gasteiger partial charge in [-0.05, 0) is 31.5 Å². The van der Waals surface area contributed by atoms with Crippen molar-refractivity contribution in [1.29, 1.82) is 0 Å². The fraction of sp³-hybridized carbons (Fsp3) is 0.364. The normalized spacial score (nSPS) is 20.5. The molecule has 92 valence electrons.